The second-order valence-electron chi connectivity index (χ2n) is 9.96. The molecule has 8 atom stereocenters. The zero-order valence-corrected chi connectivity index (χ0v) is 15.2. The van der Waals surface area contributed by atoms with Gasteiger partial charge in [-0.3, -0.25) is 4.79 Å². The number of ketones is 1. The molecule has 0 aliphatic heterocycles. The number of rotatable bonds is 1. The lowest BCUT2D eigenvalue weighted by molar-refractivity contribution is -0.130. The van der Waals surface area contributed by atoms with E-state index in [1.807, 2.05) is 13.8 Å². The van der Waals surface area contributed by atoms with E-state index in [4.69, 9.17) is 0 Å². The van der Waals surface area contributed by atoms with Gasteiger partial charge >= 0.3 is 0 Å². The Morgan fingerprint density at radius 3 is 2.39 bits per heavy atom. The van der Waals surface area contributed by atoms with Gasteiger partial charge in [-0.2, -0.15) is 0 Å². The van der Waals surface area contributed by atoms with Gasteiger partial charge < -0.3 is 5.11 Å². The first-order valence-electron chi connectivity index (χ1n) is 10.0. The van der Waals surface area contributed by atoms with Crippen molar-refractivity contribution in [3.8, 4) is 0 Å². The summed E-state index contributed by atoms with van der Waals surface area (Å²) in [5.74, 6) is 4.92. The lowest BCUT2D eigenvalue weighted by atomic mass is 9.49. The molecule has 2 heteroatoms. The third kappa shape index (κ3) is 2.42. The monoisotopic (exact) mass is 318 g/mol. The highest BCUT2D eigenvalue weighted by Gasteiger charge is 2.58. The molecule has 0 aromatic heterocycles. The molecule has 4 aliphatic rings. The molecule has 0 spiro atoms. The van der Waals surface area contributed by atoms with E-state index in [2.05, 4.69) is 6.92 Å². The zero-order chi connectivity index (χ0) is 16.4. The van der Waals surface area contributed by atoms with E-state index in [0.717, 1.165) is 48.9 Å². The summed E-state index contributed by atoms with van der Waals surface area (Å²) in [5, 5.41) is 10.5. The molecule has 4 saturated carbocycles. The molecule has 4 fully saturated rings. The number of carbonyl (C=O) groups is 1. The Kier molecular flexibility index (Phi) is 3.72. The minimum absolute atomic E-state index is 0.292. The van der Waals surface area contributed by atoms with Gasteiger partial charge in [0.15, 0.2) is 0 Å². The van der Waals surface area contributed by atoms with Crippen molar-refractivity contribution in [3.63, 3.8) is 0 Å². The van der Waals surface area contributed by atoms with Gasteiger partial charge in [-0.25, -0.2) is 0 Å². The molecule has 0 aromatic rings. The number of carbonyl (C=O) groups excluding carboxylic acids is 1. The number of aliphatic hydroxyl groups is 1. The highest BCUT2D eigenvalue weighted by molar-refractivity contribution is 5.79. The second kappa shape index (κ2) is 5.31. The fraction of sp³-hybridized carbons (Fsp3) is 0.952. The van der Waals surface area contributed by atoms with Crippen molar-refractivity contribution in [1.82, 2.24) is 0 Å². The molecule has 2 nitrogen and oxygen atoms in total. The van der Waals surface area contributed by atoms with Crippen LogP contribution in [0.2, 0.25) is 0 Å². The van der Waals surface area contributed by atoms with Gasteiger partial charge in [0.05, 0.1) is 5.60 Å². The molecule has 0 bridgehead atoms. The maximum Gasteiger partial charge on any atom is 0.133 e. The molecule has 2 unspecified atom stereocenters. The van der Waals surface area contributed by atoms with E-state index in [0.29, 0.717) is 17.1 Å². The van der Waals surface area contributed by atoms with E-state index in [9.17, 15) is 9.90 Å². The first kappa shape index (κ1) is 16.1. The van der Waals surface area contributed by atoms with Crippen LogP contribution in [0, 0.1) is 40.9 Å². The zero-order valence-electron chi connectivity index (χ0n) is 15.2. The Balaban J connectivity index is 1.56. The molecule has 0 amide bonds. The van der Waals surface area contributed by atoms with Crippen LogP contribution in [-0.4, -0.2) is 16.5 Å². The summed E-state index contributed by atoms with van der Waals surface area (Å²) >= 11 is 0. The Labute approximate surface area is 141 Å². The fourth-order valence-corrected chi connectivity index (χ4v) is 7.75. The first-order chi connectivity index (χ1) is 10.8. The van der Waals surface area contributed by atoms with Gasteiger partial charge in [-0.05, 0) is 107 Å². The van der Waals surface area contributed by atoms with Gasteiger partial charge in [0.25, 0.3) is 0 Å². The lowest BCUT2D eigenvalue weighted by Gasteiger charge is -2.56. The van der Waals surface area contributed by atoms with Crippen molar-refractivity contribution in [3.05, 3.63) is 0 Å². The fourth-order valence-electron chi connectivity index (χ4n) is 7.75. The first-order valence-corrected chi connectivity index (χ1v) is 10.0. The number of hydrogen-bond donors (Lipinski definition) is 1. The Bertz CT molecular complexity index is 496. The quantitative estimate of drug-likeness (QED) is 0.767. The number of Topliss-reactive ketones (excluding diaryl/α,β-unsaturated/α-hetero) is 1. The summed E-state index contributed by atoms with van der Waals surface area (Å²) in [5.41, 5.74) is -0.121. The van der Waals surface area contributed by atoms with Crippen LogP contribution in [0.4, 0.5) is 0 Å². The summed E-state index contributed by atoms with van der Waals surface area (Å²) in [6.45, 7) is 6.30. The molecule has 0 radical (unpaired) electrons. The van der Waals surface area contributed by atoms with E-state index >= 15 is 0 Å². The smallest absolute Gasteiger partial charge is 0.133 e. The van der Waals surface area contributed by atoms with Crippen molar-refractivity contribution in [2.75, 3.05) is 0 Å². The molecule has 0 saturated heterocycles. The minimum atomic E-state index is -0.412. The van der Waals surface area contributed by atoms with Crippen molar-refractivity contribution >= 4 is 5.78 Å². The average Bonchev–Trinajstić information content (AvgIpc) is 2.83. The van der Waals surface area contributed by atoms with Crippen LogP contribution < -0.4 is 0 Å². The number of fused-ring (bicyclic) bond motifs is 5. The van der Waals surface area contributed by atoms with Crippen LogP contribution >= 0.6 is 0 Å². The second-order valence-corrected chi connectivity index (χ2v) is 9.96. The molecular formula is C21H34O2. The van der Waals surface area contributed by atoms with E-state index in [-0.39, 0.29) is 0 Å². The summed E-state index contributed by atoms with van der Waals surface area (Å²) in [4.78, 5) is 12.1. The van der Waals surface area contributed by atoms with Crippen molar-refractivity contribution < 1.29 is 9.90 Å². The van der Waals surface area contributed by atoms with Crippen LogP contribution in [0.3, 0.4) is 0 Å². The third-order valence-electron chi connectivity index (χ3n) is 8.73. The molecule has 0 heterocycles. The Hall–Kier alpha value is -0.370. The van der Waals surface area contributed by atoms with Crippen molar-refractivity contribution in [2.45, 2.75) is 84.2 Å². The van der Waals surface area contributed by atoms with Crippen molar-refractivity contribution in [1.29, 1.82) is 0 Å². The van der Waals surface area contributed by atoms with E-state index in [1.54, 1.807) is 0 Å². The van der Waals surface area contributed by atoms with Crippen LogP contribution in [0.1, 0.15) is 78.6 Å². The van der Waals surface area contributed by atoms with Crippen LogP contribution in [0.25, 0.3) is 0 Å². The highest BCUT2D eigenvalue weighted by atomic mass is 16.3. The molecule has 130 valence electrons. The average molecular weight is 319 g/mol. The predicted molar refractivity (Wildman–Crippen MR) is 91.9 cm³/mol. The number of hydrogen-bond acceptors (Lipinski definition) is 2. The van der Waals surface area contributed by atoms with Gasteiger partial charge in [0.2, 0.25) is 0 Å². The van der Waals surface area contributed by atoms with E-state index < -0.39 is 5.60 Å². The largest absolute Gasteiger partial charge is 0.390 e. The summed E-state index contributed by atoms with van der Waals surface area (Å²) in [7, 11) is 0. The summed E-state index contributed by atoms with van der Waals surface area (Å²) < 4.78 is 0. The van der Waals surface area contributed by atoms with Gasteiger partial charge in [-0.15, -0.1) is 0 Å². The van der Waals surface area contributed by atoms with Gasteiger partial charge in [0.1, 0.15) is 5.78 Å². The predicted octanol–water partition coefficient (Wildman–Crippen LogP) is 4.60. The molecule has 1 N–H and O–H groups in total. The van der Waals surface area contributed by atoms with Crippen LogP contribution in [0.15, 0.2) is 0 Å². The van der Waals surface area contributed by atoms with Crippen LogP contribution in [0.5, 0.6) is 0 Å². The SMILES string of the molecule is CC(=O)[C@H]1CC[C@H]2[C@@H]3CC[C@@H]4C[C@](C)(O)CCC4[C@H]3CCC12C. The normalized spacial score (nSPS) is 55.7. The minimum Gasteiger partial charge on any atom is -0.390 e. The van der Waals surface area contributed by atoms with Crippen LogP contribution in [-0.2, 0) is 4.79 Å². The maximum atomic E-state index is 12.1. The van der Waals surface area contributed by atoms with Crippen molar-refractivity contribution in [2.24, 2.45) is 40.9 Å². The maximum absolute atomic E-state index is 12.1. The van der Waals surface area contributed by atoms with Gasteiger partial charge in [0, 0.05) is 5.92 Å². The summed E-state index contributed by atoms with van der Waals surface area (Å²) in [6, 6.07) is 0. The highest BCUT2D eigenvalue weighted by Crippen LogP contribution is 2.64. The van der Waals surface area contributed by atoms with E-state index in [1.165, 1.54) is 38.5 Å². The third-order valence-corrected chi connectivity index (χ3v) is 8.73. The Morgan fingerprint density at radius 1 is 0.913 bits per heavy atom. The topological polar surface area (TPSA) is 37.3 Å². The summed E-state index contributed by atoms with van der Waals surface area (Å²) in [6.07, 6.45) is 11.0. The lowest BCUT2D eigenvalue weighted by Crippen LogP contribution is -2.50. The van der Waals surface area contributed by atoms with Gasteiger partial charge in [-0.1, -0.05) is 6.92 Å². The Morgan fingerprint density at radius 2 is 1.65 bits per heavy atom. The molecular weight excluding hydrogens is 284 g/mol. The molecule has 4 aliphatic carbocycles. The standard InChI is InChI=1S/C21H34O2/c1-13(22)18-6-7-19-17-5-4-14-12-20(2,23)10-8-15(14)16(17)9-11-21(18,19)3/h14-19,23H,4-12H2,1-3H3/t14-,15?,16-,17-,18-,19+,20-,21?/m1/s1. The molecule has 23 heavy (non-hydrogen) atoms. The molecule has 4 rings (SSSR count). The molecule has 0 aromatic carbocycles.